The van der Waals surface area contributed by atoms with Crippen LogP contribution in [0.4, 0.5) is 5.82 Å². The van der Waals surface area contributed by atoms with Crippen molar-refractivity contribution < 1.29 is 32.8 Å². The van der Waals surface area contributed by atoms with E-state index in [0.717, 1.165) is 21.6 Å². The molecule has 0 saturated carbocycles. The molecule has 1 amide bonds. The largest absolute Gasteiger partial charge is 0.497 e. The second-order valence-corrected chi connectivity index (χ2v) is 18.8. The van der Waals surface area contributed by atoms with Gasteiger partial charge in [0.1, 0.15) is 35.8 Å². The van der Waals surface area contributed by atoms with Crippen molar-refractivity contribution in [2.75, 3.05) is 32.8 Å². The predicted molar refractivity (Wildman–Crippen MR) is 227 cm³/mol. The van der Waals surface area contributed by atoms with Gasteiger partial charge in [0.15, 0.2) is 17.0 Å². The first kappa shape index (κ1) is 40.0. The first-order chi connectivity index (χ1) is 28.8. The Labute approximate surface area is 346 Å². The van der Waals surface area contributed by atoms with E-state index in [1.807, 2.05) is 115 Å². The van der Waals surface area contributed by atoms with Gasteiger partial charge in [-0.3, -0.25) is 13.9 Å². The number of nitrogens with one attached hydrogen (secondary N) is 1. The van der Waals surface area contributed by atoms with E-state index in [0.29, 0.717) is 34.6 Å². The van der Waals surface area contributed by atoms with Gasteiger partial charge in [0.2, 0.25) is 0 Å². The summed E-state index contributed by atoms with van der Waals surface area (Å²) in [5.74, 6) is 1.34. The average molecular weight is 828 g/mol. The van der Waals surface area contributed by atoms with Crippen LogP contribution >= 0.6 is 18.0 Å². The van der Waals surface area contributed by atoms with Gasteiger partial charge in [-0.25, -0.2) is 15.0 Å². The van der Waals surface area contributed by atoms with E-state index >= 15 is 0 Å². The number of methoxy groups -OCH3 is 2. The fourth-order valence-electron chi connectivity index (χ4n) is 7.28. The van der Waals surface area contributed by atoms with Crippen LogP contribution in [0, 0.1) is 0 Å². The molecule has 12 nitrogen and oxygen atoms in total. The molecule has 0 radical (unpaired) electrons. The van der Waals surface area contributed by atoms with Crippen molar-refractivity contribution in [1.29, 1.82) is 0 Å². The minimum absolute atomic E-state index is 0.0319. The Bertz CT molecular complexity index is 2500. The summed E-state index contributed by atoms with van der Waals surface area (Å²) in [4.78, 5) is 27.4. The van der Waals surface area contributed by atoms with Crippen molar-refractivity contribution in [3.05, 3.63) is 174 Å². The number of ether oxygens (including phenoxy) is 4. The summed E-state index contributed by atoms with van der Waals surface area (Å²) in [6.07, 6.45) is 1.24. The highest BCUT2D eigenvalue weighted by Gasteiger charge is 2.45. The van der Waals surface area contributed by atoms with Gasteiger partial charge >= 0.3 is 0 Å². The topological polar surface area (TPSA) is 136 Å². The Hall–Kier alpha value is -5.82. The number of imidazole rings is 1. The molecule has 300 valence electrons. The number of amides is 1. The summed E-state index contributed by atoms with van der Waals surface area (Å²) >= 11 is 1.20. The molecular formula is C45H42N5O7PS. The van der Waals surface area contributed by atoms with Crippen LogP contribution < -0.4 is 14.8 Å². The lowest BCUT2D eigenvalue weighted by atomic mass is 9.80. The van der Waals surface area contributed by atoms with Crippen LogP contribution in [-0.4, -0.2) is 65.1 Å². The van der Waals surface area contributed by atoms with Crippen molar-refractivity contribution in [3.8, 4) is 11.5 Å². The Morgan fingerprint density at radius 3 is 1.98 bits per heavy atom. The van der Waals surface area contributed by atoms with Crippen LogP contribution in [0.25, 0.3) is 11.2 Å². The van der Waals surface area contributed by atoms with Crippen molar-refractivity contribution in [3.63, 3.8) is 0 Å². The lowest BCUT2D eigenvalue weighted by Crippen LogP contribution is -2.38. The number of hydrogen-bond acceptors (Lipinski definition) is 11. The van der Waals surface area contributed by atoms with Gasteiger partial charge < -0.3 is 28.8 Å². The normalized spacial score (nSPS) is 17.6. The first-order valence-corrected chi connectivity index (χ1v) is 22.4. The second-order valence-electron chi connectivity index (χ2n) is 13.9. The molecule has 1 saturated heterocycles. The highest BCUT2D eigenvalue weighted by molar-refractivity contribution is 8.56. The van der Waals surface area contributed by atoms with Crippen LogP contribution in [-0.2, 0) is 24.2 Å². The molecule has 59 heavy (non-hydrogen) atoms. The molecule has 0 bridgehead atoms. The van der Waals surface area contributed by atoms with Crippen molar-refractivity contribution >= 4 is 40.8 Å². The number of benzene rings is 5. The number of aromatic nitrogens is 4. The summed E-state index contributed by atoms with van der Waals surface area (Å²) in [6.45, 7) is -1.65. The lowest BCUT2D eigenvalue weighted by molar-refractivity contribution is -0.0897. The molecule has 1 aliphatic heterocycles. The molecule has 8 rings (SSSR count). The van der Waals surface area contributed by atoms with Crippen molar-refractivity contribution in [2.24, 2.45) is 0 Å². The Kier molecular flexibility index (Phi) is 11.9. The third-order valence-corrected chi connectivity index (χ3v) is 13.5. The average Bonchev–Trinajstić information content (AvgIpc) is 3.89. The standard InChI is InChI=1S/C45H42N5O7PS/c1-53-35-23-19-33(20-24-35)45(32-15-9-5-10-16-32,34-21-25-36(54-2)26-22-34)55-28-39-38(57-58(3,52)59-37-17-11-6-12-18-37)27-40(56-39)50-30-48-41-42(46-29-47-43(41)50)49-44(51)31-13-7-4-8-14-31/h4-26,29-30,38-40H,27-28H2,1-3H3,(H,46,47,49,51)/t38-,39+,40+,58+/m0/s1. The van der Waals surface area contributed by atoms with Crippen LogP contribution in [0.1, 0.15) is 39.7 Å². The zero-order valence-corrected chi connectivity index (χ0v) is 34.3. The zero-order valence-electron chi connectivity index (χ0n) is 32.6. The van der Waals surface area contributed by atoms with Gasteiger partial charge in [-0.05, 0) is 76.6 Å². The van der Waals surface area contributed by atoms with Gasteiger partial charge in [0.25, 0.3) is 12.5 Å². The number of rotatable bonds is 15. The first-order valence-electron chi connectivity index (χ1n) is 18.9. The van der Waals surface area contributed by atoms with E-state index in [-0.39, 0.29) is 18.3 Å². The highest BCUT2D eigenvalue weighted by Crippen LogP contribution is 2.62. The summed E-state index contributed by atoms with van der Waals surface area (Å²) in [5, 5.41) is 2.87. The molecule has 0 unspecified atom stereocenters. The van der Waals surface area contributed by atoms with Crippen molar-refractivity contribution in [1.82, 2.24) is 19.5 Å². The predicted octanol–water partition coefficient (Wildman–Crippen LogP) is 9.39. The highest BCUT2D eigenvalue weighted by atomic mass is 32.7. The third-order valence-electron chi connectivity index (χ3n) is 10.1. The molecule has 0 spiro atoms. The number of carbonyl (C=O) groups excluding carboxylic acids is 1. The van der Waals surface area contributed by atoms with Crippen molar-refractivity contribution in [2.45, 2.75) is 35.4 Å². The smallest absolute Gasteiger partial charge is 0.259 e. The van der Waals surface area contributed by atoms with Crippen LogP contribution in [0.15, 0.2) is 157 Å². The van der Waals surface area contributed by atoms with E-state index in [1.165, 1.54) is 17.7 Å². The number of hydrogen-bond donors (Lipinski definition) is 1. The minimum atomic E-state index is -3.31. The minimum Gasteiger partial charge on any atom is -0.497 e. The van der Waals surface area contributed by atoms with Gasteiger partial charge in [-0.15, -0.1) is 0 Å². The van der Waals surface area contributed by atoms with Gasteiger partial charge in [0.05, 0.1) is 33.3 Å². The number of anilines is 1. The zero-order chi connectivity index (χ0) is 40.8. The monoisotopic (exact) mass is 827 g/mol. The summed E-state index contributed by atoms with van der Waals surface area (Å²) in [7, 11) is 3.26. The number of fused-ring (bicyclic) bond motifs is 1. The van der Waals surface area contributed by atoms with Crippen LogP contribution in [0.2, 0.25) is 0 Å². The Morgan fingerprint density at radius 2 is 1.37 bits per heavy atom. The summed E-state index contributed by atoms with van der Waals surface area (Å²) in [5.41, 5.74) is 2.76. The quantitative estimate of drug-likeness (QED) is 0.0782. The summed E-state index contributed by atoms with van der Waals surface area (Å²) in [6, 6.07) is 44.0. The maximum atomic E-state index is 14.3. The van der Waals surface area contributed by atoms with Gasteiger partial charge in [-0.2, -0.15) is 0 Å². The molecular weight excluding hydrogens is 786 g/mol. The van der Waals surface area contributed by atoms with E-state index in [1.54, 1.807) is 56.0 Å². The maximum Gasteiger partial charge on any atom is 0.259 e. The molecule has 3 heterocycles. The Balaban J connectivity index is 1.16. The van der Waals surface area contributed by atoms with E-state index < -0.39 is 30.6 Å². The lowest BCUT2D eigenvalue weighted by Gasteiger charge is -2.37. The second kappa shape index (κ2) is 17.6. The molecule has 2 aromatic heterocycles. The van der Waals surface area contributed by atoms with Crippen LogP contribution in [0.5, 0.6) is 11.5 Å². The fraction of sp³-hybridized carbons (Fsp3) is 0.200. The SMILES string of the molecule is COc1ccc(C(OC[C@H]2O[C@@H](n3cnc4c(NC(=O)c5ccccc5)ncnc43)C[C@@H]2O[P@@](C)(=O)Sc2ccccc2)(c2ccccc2)c2ccc(OC)cc2)cc1. The van der Waals surface area contributed by atoms with Gasteiger partial charge in [-0.1, -0.05) is 91.0 Å². The molecule has 1 N–H and O–H groups in total. The molecule has 0 aliphatic carbocycles. The molecule has 5 aromatic carbocycles. The molecule has 1 fully saturated rings. The van der Waals surface area contributed by atoms with E-state index in [9.17, 15) is 9.36 Å². The third kappa shape index (κ3) is 8.66. The fourth-order valence-corrected chi connectivity index (χ4v) is 10.7. The Morgan fingerprint density at radius 1 is 0.797 bits per heavy atom. The van der Waals surface area contributed by atoms with E-state index in [2.05, 4.69) is 20.3 Å². The molecule has 14 heteroatoms. The maximum absolute atomic E-state index is 14.3. The number of nitrogens with zero attached hydrogens (tertiary/aromatic N) is 4. The molecule has 7 aromatic rings. The van der Waals surface area contributed by atoms with Gasteiger partial charge in [0, 0.05) is 23.5 Å². The molecule has 1 aliphatic rings. The number of carbonyl (C=O) groups is 1. The summed E-state index contributed by atoms with van der Waals surface area (Å²) < 4.78 is 47.8. The molecule has 4 atom stereocenters. The van der Waals surface area contributed by atoms with E-state index in [4.69, 9.17) is 23.5 Å². The van der Waals surface area contributed by atoms with Crippen LogP contribution in [0.3, 0.4) is 0 Å².